The van der Waals surface area contributed by atoms with Crippen LogP contribution in [0.4, 0.5) is 0 Å². The average Bonchev–Trinajstić information content (AvgIpc) is 3.44. The Morgan fingerprint density at radius 3 is 2.43 bits per heavy atom. The van der Waals surface area contributed by atoms with E-state index in [9.17, 15) is 0 Å². The molecule has 0 fully saturated rings. The van der Waals surface area contributed by atoms with Gasteiger partial charge in [-0.3, -0.25) is 0 Å². The number of hydrogen-bond acceptors (Lipinski definition) is 3. The zero-order valence-corrected chi connectivity index (χ0v) is 22.5. The van der Waals surface area contributed by atoms with Gasteiger partial charge in [-0.05, 0) is 82.5 Å². The van der Waals surface area contributed by atoms with Crippen LogP contribution >= 0.6 is 0 Å². The topological polar surface area (TPSA) is 39.2 Å². The number of aryl methyl sites for hydroxylation is 1. The van der Waals surface area contributed by atoms with E-state index in [-0.39, 0.29) is 5.41 Å². The first-order chi connectivity index (χ1) is 17.7. The smallest absolute Gasteiger partial charge is 0.160 e. The average molecular weight is 488 g/mol. The molecule has 0 spiro atoms. The second-order valence-corrected chi connectivity index (χ2v) is 11.7. The summed E-state index contributed by atoms with van der Waals surface area (Å²) in [4.78, 5) is 5.12. The predicted molar refractivity (Wildman–Crippen MR) is 154 cm³/mol. The van der Waals surface area contributed by atoms with Crippen LogP contribution in [0.2, 0.25) is 0 Å². The third-order valence-corrected chi connectivity index (χ3v) is 7.26. The number of furan rings is 2. The summed E-state index contributed by atoms with van der Waals surface area (Å²) in [7, 11) is 0. The summed E-state index contributed by atoms with van der Waals surface area (Å²) < 4.78 is 12.0. The Morgan fingerprint density at radius 1 is 0.838 bits per heavy atom. The van der Waals surface area contributed by atoms with Crippen LogP contribution < -0.4 is 0 Å². The molecule has 0 amide bonds. The van der Waals surface area contributed by atoms with Gasteiger partial charge in [-0.1, -0.05) is 65.0 Å². The molecular weight excluding hydrogens is 454 g/mol. The van der Waals surface area contributed by atoms with Gasteiger partial charge in [-0.15, -0.1) is 0 Å². The molecule has 0 aliphatic heterocycles. The largest absolute Gasteiger partial charge is 0.464 e. The van der Waals surface area contributed by atoms with Crippen LogP contribution in [-0.4, -0.2) is 4.98 Å². The van der Waals surface area contributed by atoms with Gasteiger partial charge in [0.05, 0.1) is 18.2 Å². The molecule has 0 N–H and O–H groups in total. The lowest BCUT2D eigenvalue weighted by Gasteiger charge is -2.23. The zero-order chi connectivity index (χ0) is 25.9. The Hall–Kier alpha value is -3.85. The summed E-state index contributed by atoms with van der Waals surface area (Å²) in [5.41, 5.74) is 10.5. The highest BCUT2D eigenvalue weighted by molar-refractivity contribution is 5.98. The number of aromatic nitrogens is 1. The summed E-state index contributed by atoms with van der Waals surface area (Å²) in [5, 5.41) is 3.69. The Morgan fingerprint density at radius 2 is 1.65 bits per heavy atom. The van der Waals surface area contributed by atoms with E-state index in [1.807, 2.05) is 12.5 Å². The second-order valence-electron chi connectivity index (χ2n) is 11.7. The maximum Gasteiger partial charge on any atom is 0.160 e. The van der Waals surface area contributed by atoms with Gasteiger partial charge in [-0.25, -0.2) is 4.98 Å². The molecular formula is C34H33NO2. The first-order valence-corrected chi connectivity index (χ1v) is 13.1. The fourth-order valence-corrected chi connectivity index (χ4v) is 5.41. The van der Waals surface area contributed by atoms with Crippen LogP contribution in [0.15, 0.2) is 82.0 Å². The summed E-state index contributed by atoms with van der Waals surface area (Å²) in [5.74, 6) is 0.557. The van der Waals surface area contributed by atoms with Gasteiger partial charge < -0.3 is 8.83 Å². The minimum absolute atomic E-state index is 0.00718. The maximum atomic E-state index is 6.08. The molecule has 3 aromatic heterocycles. The highest BCUT2D eigenvalue weighted by Gasteiger charge is 2.21. The minimum atomic E-state index is 0.00718. The van der Waals surface area contributed by atoms with Crippen LogP contribution in [-0.2, 0) is 11.8 Å². The first-order valence-electron chi connectivity index (χ1n) is 13.1. The van der Waals surface area contributed by atoms with E-state index in [2.05, 4.69) is 102 Å². The van der Waals surface area contributed by atoms with Crippen LogP contribution in [0.1, 0.15) is 51.3 Å². The monoisotopic (exact) mass is 487 g/mol. The van der Waals surface area contributed by atoms with Crippen molar-refractivity contribution in [2.45, 2.75) is 53.4 Å². The molecule has 0 radical (unpaired) electrons. The second kappa shape index (κ2) is 8.62. The van der Waals surface area contributed by atoms with Crippen molar-refractivity contribution in [1.82, 2.24) is 4.98 Å². The molecule has 0 bridgehead atoms. The van der Waals surface area contributed by atoms with Gasteiger partial charge in [0.15, 0.2) is 5.58 Å². The van der Waals surface area contributed by atoms with E-state index in [0.29, 0.717) is 5.92 Å². The molecule has 3 aromatic carbocycles. The van der Waals surface area contributed by atoms with Gasteiger partial charge in [0, 0.05) is 22.1 Å². The van der Waals surface area contributed by atoms with E-state index >= 15 is 0 Å². The van der Waals surface area contributed by atoms with Gasteiger partial charge >= 0.3 is 0 Å². The van der Waals surface area contributed by atoms with Crippen molar-refractivity contribution in [3.05, 3.63) is 89.9 Å². The van der Waals surface area contributed by atoms with Gasteiger partial charge in [0.2, 0.25) is 0 Å². The van der Waals surface area contributed by atoms with E-state index < -0.39 is 0 Å². The first kappa shape index (κ1) is 23.5. The molecule has 37 heavy (non-hydrogen) atoms. The fraction of sp³-hybridized carbons (Fsp3) is 0.265. The zero-order valence-electron chi connectivity index (χ0n) is 22.5. The molecule has 0 atom stereocenters. The van der Waals surface area contributed by atoms with Crippen LogP contribution in [0.25, 0.3) is 55.2 Å². The third-order valence-electron chi connectivity index (χ3n) is 7.26. The van der Waals surface area contributed by atoms with Crippen molar-refractivity contribution in [3.8, 4) is 22.4 Å². The summed E-state index contributed by atoms with van der Waals surface area (Å²) in [6.07, 6.45) is 4.70. The van der Waals surface area contributed by atoms with Gasteiger partial charge in [0.25, 0.3) is 0 Å². The van der Waals surface area contributed by atoms with E-state index in [4.69, 9.17) is 13.8 Å². The lowest BCUT2D eigenvalue weighted by molar-refractivity contribution is 0.594. The fourth-order valence-electron chi connectivity index (χ4n) is 5.41. The number of benzene rings is 3. The lowest BCUT2D eigenvalue weighted by Crippen LogP contribution is -2.12. The molecule has 6 rings (SSSR count). The highest BCUT2D eigenvalue weighted by atomic mass is 16.3. The number of fused-ring (bicyclic) bond motifs is 3. The van der Waals surface area contributed by atoms with Crippen molar-refractivity contribution in [1.29, 1.82) is 0 Å². The molecule has 186 valence electrons. The molecule has 3 heterocycles. The van der Waals surface area contributed by atoms with Gasteiger partial charge in [0.1, 0.15) is 11.1 Å². The number of hydrogen-bond donors (Lipinski definition) is 0. The van der Waals surface area contributed by atoms with Crippen molar-refractivity contribution in [2.75, 3.05) is 0 Å². The molecule has 0 aliphatic rings. The number of nitrogens with zero attached hydrogens (tertiary/aromatic N) is 1. The highest BCUT2D eigenvalue weighted by Crippen LogP contribution is 2.39. The number of pyridine rings is 1. The van der Waals surface area contributed by atoms with E-state index in [0.717, 1.165) is 51.1 Å². The Bertz CT molecular complexity index is 1780. The molecule has 3 heteroatoms. The molecule has 6 aromatic rings. The standard InChI is InChI=1S/C34H33NO2/c1-20(2)13-25-19-36-31-12-11-23(15-27(25)31)28-17-30(35-32-21(3)18-37-33(28)32)24-14-22-9-7-8-10-26(22)29(16-24)34(4,5)6/h7-12,14-20H,13H2,1-6H3. The van der Waals surface area contributed by atoms with E-state index in [1.165, 1.54) is 27.3 Å². The lowest BCUT2D eigenvalue weighted by atomic mass is 9.82. The predicted octanol–water partition coefficient (Wildman–Crippen LogP) is 9.87. The molecule has 0 unspecified atom stereocenters. The van der Waals surface area contributed by atoms with Gasteiger partial charge in [-0.2, -0.15) is 0 Å². The van der Waals surface area contributed by atoms with Crippen LogP contribution in [0, 0.1) is 12.8 Å². The van der Waals surface area contributed by atoms with Crippen LogP contribution in [0.5, 0.6) is 0 Å². The summed E-state index contributed by atoms with van der Waals surface area (Å²) >= 11 is 0. The minimum Gasteiger partial charge on any atom is -0.464 e. The molecule has 3 nitrogen and oxygen atoms in total. The number of rotatable bonds is 4. The third kappa shape index (κ3) is 4.13. The quantitative estimate of drug-likeness (QED) is 0.248. The molecule has 0 saturated heterocycles. The summed E-state index contributed by atoms with van der Waals surface area (Å²) in [6.45, 7) is 13.4. The van der Waals surface area contributed by atoms with Crippen molar-refractivity contribution in [2.24, 2.45) is 5.92 Å². The normalized spacial score (nSPS) is 12.4. The van der Waals surface area contributed by atoms with E-state index in [1.54, 1.807) is 0 Å². The van der Waals surface area contributed by atoms with Crippen molar-refractivity contribution < 1.29 is 8.83 Å². The van der Waals surface area contributed by atoms with Crippen LogP contribution in [0.3, 0.4) is 0 Å². The Labute approximate surface area is 218 Å². The Balaban J connectivity index is 1.59. The van der Waals surface area contributed by atoms with Crippen molar-refractivity contribution in [3.63, 3.8) is 0 Å². The molecule has 0 saturated carbocycles. The van der Waals surface area contributed by atoms with Crippen molar-refractivity contribution >= 4 is 32.8 Å². The maximum absolute atomic E-state index is 6.08. The SMILES string of the molecule is Cc1coc2c(-c3ccc4occ(CC(C)C)c4c3)cc(-c3cc(C(C)(C)C)c4ccccc4c3)nc12. The summed E-state index contributed by atoms with van der Waals surface area (Å²) in [6, 6.07) is 21.8. The molecule has 0 aliphatic carbocycles. The Kier molecular flexibility index (Phi) is 5.49.